The van der Waals surface area contributed by atoms with Crippen molar-refractivity contribution >= 4 is 6.09 Å². The number of amides is 1. The maximum Gasteiger partial charge on any atom is 0.407 e. The summed E-state index contributed by atoms with van der Waals surface area (Å²) < 4.78 is 5.16. The number of nitrogens with zero attached hydrogens (tertiary/aromatic N) is 1. The molecule has 0 aliphatic rings. The second-order valence-electron chi connectivity index (χ2n) is 6.52. The molecule has 23 heavy (non-hydrogen) atoms. The highest BCUT2D eigenvalue weighted by molar-refractivity contribution is 5.67. The Morgan fingerprint density at radius 2 is 2.09 bits per heavy atom. The number of aliphatic hydroxyl groups is 1. The minimum absolute atomic E-state index is 0.0399. The maximum absolute atomic E-state index is 11.6. The predicted molar refractivity (Wildman–Crippen MR) is 87.1 cm³/mol. The zero-order chi connectivity index (χ0) is 17.6. The molecule has 0 bridgehead atoms. The third kappa shape index (κ3) is 6.42. The monoisotopic (exact) mass is 325 g/mol. The lowest BCUT2D eigenvalue weighted by Gasteiger charge is -2.21. The van der Waals surface area contributed by atoms with Crippen molar-refractivity contribution in [3.63, 3.8) is 0 Å². The molecule has 0 saturated carbocycles. The number of aromatic nitrogens is 1. The number of carbonyl (C=O) groups is 1. The van der Waals surface area contributed by atoms with Gasteiger partial charge in [0, 0.05) is 36.5 Å². The molecule has 1 rings (SSSR count). The van der Waals surface area contributed by atoms with E-state index in [-0.39, 0.29) is 18.4 Å². The first-order valence-corrected chi connectivity index (χ1v) is 7.61. The number of rotatable bonds is 6. The van der Waals surface area contributed by atoms with E-state index in [0.717, 1.165) is 0 Å². The molecule has 0 aromatic carbocycles. The van der Waals surface area contributed by atoms with E-state index in [0.29, 0.717) is 29.9 Å². The standard InChI is InChI=1S/C16H27N3O4/c1-10(6-19-15(22)23-16(3,4)5)17-8-13-12(9-20)7-18-11(2)14(13)21/h7,10,17,20-21H,6,8-9H2,1-5H3,(H,19,22). The van der Waals surface area contributed by atoms with Crippen molar-refractivity contribution in [3.8, 4) is 5.75 Å². The summed E-state index contributed by atoms with van der Waals surface area (Å²) in [6, 6.07) is -0.0399. The van der Waals surface area contributed by atoms with Crippen LogP contribution in [0.25, 0.3) is 0 Å². The summed E-state index contributed by atoms with van der Waals surface area (Å²) >= 11 is 0. The largest absolute Gasteiger partial charge is 0.506 e. The lowest BCUT2D eigenvalue weighted by atomic mass is 10.1. The highest BCUT2D eigenvalue weighted by Crippen LogP contribution is 2.23. The second kappa shape index (κ2) is 8.12. The van der Waals surface area contributed by atoms with Crippen LogP contribution >= 0.6 is 0 Å². The molecule has 1 aromatic heterocycles. The van der Waals surface area contributed by atoms with E-state index in [4.69, 9.17) is 4.74 Å². The molecule has 7 heteroatoms. The molecule has 0 saturated heterocycles. The number of aliphatic hydroxyl groups excluding tert-OH is 1. The van der Waals surface area contributed by atoms with Gasteiger partial charge in [-0.2, -0.15) is 0 Å². The van der Waals surface area contributed by atoms with Gasteiger partial charge in [0.25, 0.3) is 0 Å². The average molecular weight is 325 g/mol. The Morgan fingerprint density at radius 3 is 2.65 bits per heavy atom. The molecule has 0 aliphatic heterocycles. The third-order valence-electron chi connectivity index (χ3n) is 3.18. The van der Waals surface area contributed by atoms with Gasteiger partial charge >= 0.3 is 6.09 Å². The molecule has 7 nitrogen and oxygen atoms in total. The zero-order valence-corrected chi connectivity index (χ0v) is 14.4. The molecule has 1 aromatic rings. The van der Waals surface area contributed by atoms with Crippen LogP contribution in [0.4, 0.5) is 4.79 Å². The molecule has 0 aliphatic carbocycles. The Bertz CT molecular complexity index is 541. The van der Waals surface area contributed by atoms with E-state index in [1.807, 2.05) is 6.92 Å². The number of pyridine rings is 1. The van der Waals surface area contributed by atoms with Crippen molar-refractivity contribution < 1.29 is 19.7 Å². The molecule has 1 unspecified atom stereocenters. The zero-order valence-electron chi connectivity index (χ0n) is 14.4. The third-order valence-corrected chi connectivity index (χ3v) is 3.18. The van der Waals surface area contributed by atoms with E-state index in [9.17, 15) is 15.0 Å². The molecule has 0 radical (unpaired) electrons. The van der Waals surface area contributed by atoms with Gasteiger partial charge in [-0.25, -0.2) is 4.79 Å². The van der Waals surface area contributed by atoms with E-state index >= 15 is 0 Å². The van der Waals surface area contributed by atoms with Crippen LogP contribution in [0.5, 0.6) is 5.75 Å². The quantitative estimate of drug-likeness (QED) is 0.633. The molecule has 1 heterocycles. The predicted octanol–water partition coefficient (Wildman–Crippen LogP) is 1.59. The molecule has 1 atom stereocenters. The summed E-state index contributed by atoms with van der Waals surface area (Å²) in [5.41, 5.74) is 1.17. The summed E-state index contributed by atoms with van der Waals surface area (Å²) in [6.45, 7) is 9.57. The van der Waals surface area contributed by atoms with E-state index in [2.05, 4.69) is 15.6 Å². The Balaban J connectivity index is 2.52. The van der Waals surface area contributed by atoms with Gasteiger partial charge in [-0.3, -0.25) is 4.98 Å². The lowest BCUT2D eigenvalue weighted by Crippen LogP contribution is -2.41. The van der Waals surface area contributed by atoms with Crippen LogP contribution in [0.3, 0.4) is 0 Å². The van der Waals surface area contributed by atoms with Gasteiger partial charge in [0.15, 0.2) is 0 Å². The van der Waals surface area contributed by atoms with E-state index in [1.54, 1.807) is 33.9 Å². The minimum atomic E-state index is -0.531. The van der Waals surface area contributed by atoms with Crippen molar-refractivity contribution in [3.05, 3.63) is 23.0 Å². The van der Waals surface area contributed by atoms with Crippen LogP contribution in [0.2, 0.25) is 0 Å². The first-order chi connectivity index (χ1) is 10.6. The van der Waals surface area contributed by atoms with Crippen LogP contribution in [-0.4, -0.2) is 39.5 Å². The van der Waals surface area contributed by atoms with Crippen molar-refractivity contribution in [1.29, 1.82) is 0 Å². The minimum Gasteiger partial charge on any atom is -0.506 e. The molecular weight excluding hydrogens is 298 g/mol. The van der Waals surface area contributed by atoms with Crippen molar-refractivity contribution in [2.45, 2.75) is 59.4 Å². The Kier molecular flexibility index (Phi) is 6.78. The molecule has 130 valence electrons. The second-order valence-corrected chi connectivity index (χ2v) is 6.52. The molecule has 1 amide bonds. The number of nitrogens with one attached hydrogen (secondary N) is 2. The van der Waals surface area contributed by atoms with Gasteiger partial charge in [0.1, 0.15) is 11.4 Å². The van der Waals surface area contributed by atoms with Gasteiger partial charge in [-0.15, -0.1) is 0 Å². The summed E-state index contributed by atoms with van der Waals surface area (Å²) in [6.07, 6.45) is 1.08. The Morgan fingerprint density at radius 1 is 1.43 bits per heavy atom. The number of alkyl carbamates (subject to hydrolysis) is 1. The van der Waals surface area contributed by atoms with Gasteiger partial charge < -0.3 is 25.6 Å². The van der Waals surface area contributed by atoms with E-state index in [1.165, 1.54) is 0 Å². The lowest BCUT2D eigenvalue weighted by molar-refractivity contribution is 0.0523. The van der Waals surface area contributed by atoms with Crippen molar-refractivity contribution in [2.75, 3.05) is 6.54 Å². The number of hydrogen-bond donors (Lipinski definition) is 4. The molecular formula is C16H27N3O4. The fourth-order valence-electron chi connectivity index (χ4n) is 1.92. The maximum atomic E-state index is 11.6. The van der Waals surface area contributed by atoms with Crippen molar-refractivity contribution in [1.82, 2.24) is 15.6 Å². The normalized spacial score (nSPS) is 12.8. The van der Waals surface area contributed by atoms with E-state index < -0.39 is 11.7 Å². The summed E-state index contributed by atoms with van der Waals surface area (Å²) in [4.78, 5) is 15.6. The van der Waals surface area contributed by atoms with Gasteiger partial charge in [-0.05, 0) is 34.6 Å². The smallest absolute Gasteiger partial charge is 0.407 e. The number of aryl methyl sites for hydroxylation is 1. The Labute approximate surface area is 137 Å². The number of ether oxygens (including phenoxy) is 1. The number of hydrogen-bond acceptors (Lipinski definition) is 6. The van der Waals surface area contributed by atoms with Gasteiger partial charge in [0.2, 0.25) is 0 Å². The topological polar surface area (TPSA) is 104 Å². The van der Waals surface area contributed by atoms with Crippen LogP contribution in [0.15, 0.2) is 6.20 Å². The first-order valence-electron chi connectivity index (χ1n) is 7.61. The summed E-state index contributed by atoms with van der Waals surface area (Å²) in [7, 11) is 0. The summed E-state index contributed by atoms with van der Waals surface area (Å²) in [5.74, 6) is 0.0800. The highest BCUT2D eigenvalue weighted by Gasteiger charge is 2.17. The fourth-order valence-corrected chi connectivity index (χ4v) is 1.92. The average Bonchev–Trinajstić information content (AvgIpc) is 2.44. The molecule has 0 fully saturated rings. The first kappa shape index (κ1) is 19.2. The summed E-state index contributed by atoms with van der Waals surface area (Å²) in [5, 5.41) is 25.3. The van der Waals surface area contributed by atoms with Crippen LogP contribution in [0.1, 0.15) is 44.5 Å². The van der Waals surface area contributed by atoms with Gasteiger partial charge in [0.05, 0.1) is 12.3 Å². The SMILES string of the molecule is Cc1ncc(CO)c(CNC(C)CNC(=O)OC(C)(C)C)c1O. The molecule has 4 N–H and O–H groups in total. The number of carbonyl (C=O) groups excluding carboxylic acids is 1. The van der Waals surface area contributed by atoms with Crippen LogP contribution < -0.4 is 10.6 Å². The highest BCUT2D eigenvalue weighted by atomic mass is 16.6. The van der Waals surface area contributed by atoms with Crippen molar-refractivity contribution in [2.24, 2.45) is 0 Å². The number of aromatic hydroxyl groups is 1. The fraction of sp³-hybridized carbons (Fsp3) is 0.625. The van der Waals surface area contributed by atoms with Crippen LogP contribution in [0, 0.1) is 6.92 Å². The van der Waals surface area contributed by atoms with Gasteiger partial charge in [-0.1, -0.05) is 0 Å². The Hall–Kier alpha value is -1.86. The molecule has 0 spiro atoms. The van der Waals surface area contributed by atoms with Crippen LogP contribution in [-0.2, 0) is 17.9 Å².